The van der Waals surface area contributed by atoms with Crippen LogP contribution in [0.25, 0.3) is 5.65 Å². The molecule has 3 heterocycles. The van der Waals surface area contributed by atoms with E-state index in [1.54, 1.807) is 0 Å². The maximum Gasteiger partial charge on any atom is 0.421 e. The van der Waals surface area contributed by atoms with E-state index in [0.29, 0.717) is 37.9 Å². The summed E-state index contributed by atoms with van der Waals surface area (Å²) in [6.45, 7) is 1.51. The standard InChI is InChI=1S/C21H22F3N5O/c22-21(23,24)19-16(25-13-29-18(10-14-6-7-14)26-27-20(19)29)11-28-8-9-30-12-17(28)15-4-2-1-3-5-15/h1-5,13-14,17H,6-12H2/t17-/m1/s1. The van der Waals surface area contributed by atoms with Crippen LogP contribution in [0.2, 0.25) is 0 Å². The van der Waals surface area contributed by atoms with Crippen LogP contribution < -0.4 is 0 Å². The number of rotatable bonds is 5. The quantitative estimate of drug-likeness (QED) is 0.634. The minimum Gasteiger partial charge on any atom is -0.378 e. The Morgan fingerprint density at radius 1 is 1.10 bits per heavy atom. The molecule has 1 aliphatic heterocycles. The largest absolute Gasteiger partial charge is 0.421 e. The van der Waals surface area contributed by atoms with Crippen molar-refractivity contribution in [3.63, 3.8) is 0 Å². The van der Waals surface area contributed by atoms with Gasteiger partial charge in [-0.3, -0.25) is 9.30 Å². The van der Waals surface area contributed by atoms with Crippen LogP contribution in [0, 0.1) is 5.92 Å². The highest BCUT2D eigenvalue weighted by atomic mass is 19.4. The molecule has 0 N–H and O–H groups in total. The lowest BCUT2D eigenvalue weighted by Crippen LogP contribution is -2.39. The third-order valence-corrected chi connectivity index (χ3v) is 5.84. The first-order chi connectivity index (χ1) is 14.5. The van der Waals surface area contributed by atoms with Crippen LogP contribution in [-0.2, 0) is 23.9 Å². The molecule has 30 heavy (non-hydrogen) atoms. The second-order valence-corrected chi connectivity index (χ2v) is 7.99. The number of hydrogen-bond donors (Lipinski definition) is 0. The fourth-order valence-corrected chi connectivity index (χ4v) is 4.07. The summed E-state index contributed by atoms with van der Waals surface area (Å²) in [6, 6.07) is 9.57. The fourth-order valence-electron chi connectivity index (χ4n) is 4.07. The SMILES string of the molecule is FC(F)(F)c1c(CN2CCOC[C@@H]2c2ccccc2)ncn2c(CC3CC3)nnc12. The van der Waals surface area contributed by atoms with Gasteiger partial charge >= 0.3 is 6.18 Å². The topological polar surface area (TPSA) is 55.5 Å². The van der Waals surface area contributed by atoms with Gasteiger partial charge < -0.3 is 4.74 Å². The number of nitrogens with zero attached hydrogens (tertiary/aromatic N) is 5. The van der Waals surface area contributed by atoms with Gasteiger partial charge in [-0.15, -0.1) is 10.2 Å². The van der Waals surface area contributed by atoms with Crippen molar-refractivity contribution in [1.82, 2.24) is 24.5 Å². The predicted molar refractivity (Wildman–Crippen MR) is 103 cm³/mol. The molecule has 1 aliphatic carbocycles. The Labute approximate surface area is 171 Å². The van der Waals surface area contributed by atoms with Gasteiger partial charge in [-0.1, -0.05) is 30.3 Å². The molecule has 2 aromatic heterocycles. The summed E-state index contributed by atoms with van der Waals surface area (Å²) in [5.74, 6) is 1.04. The molecule has 1 aromatic carbocycles. The minimum absolute atomic E-state index is 0.0248. The van der Waals surface area contributed by atoms with Gasteiger partial charge in [0.15, 0.2) is 5.65 Å². The van der Waals surface area contributed by atoms with Crippen LogP contribution >= 0.6 is 0 Å². The van der Waals surface area contributed by atoms with E-state index in [4.69, 9.17) is 4.74 Å². The Kier molecular flexibility index (Phi) is 4.94. The molecule has 0 amide bonds. The number of alkyl halides is 3. The van der Waals surface area contributed by atoms with Gasteiger partial charge in [-0.05, 0) is 24.3 Å². The van der Waals surface area contributed by atoms with Crippen LogP contribution in [0.15, 0.2) is 36.7 Å². The molecule has 1 atom stereocenters. The summed E-state index contributed by atoms with van der Waals surface area (Å²) in [5, 5.41) is 7.95. The molecule has 6 nitrogen and oxygen atoms in total. The fraction of sp³-hybridized carbons (Fsp3) is 0.476. The van der Waals surface area contributed by atoms with E-state index in [1.165, 1.54) is 10.7 Å². The van der Waals surface area contributed by atoms with Gasteiger partial charge in [0, 0.05) is 19.5 Å². The normalized spacial score (nSPS) is 20.7. The summed E-state index contributed by atoms with van der Waals surface area (Å²) in [7, 11) is 0. The lowest BCUT2D eigenvalue weighted by atomic mass is 10.0. The molecule has 1 saturated carbocycles. The third kappa shape index (κ3) is 3.79. The Morgan fingerprint density at radius 3 is 2.63 bits per heavy atom. The molecule has 9 heteroatoms. The first kappa shape index (κ1) is 19.4. The van der Waals surface area contributed by atoms with E-state index in [2.05, 4.69) is 15.2 Å². The summed E-state index contributed by atoms with van der Waals surface area (Å²) >= 11 is 0. The lowest BCUT2D eigenvalue weighted by molar-refractivity contribution is -0.138. The molecule has 3 aromatic rings. The lowest BCUT2D eigenvalue weighted by Gasteiger charge is -2.36. The Balaban J connectivity index is 1.51. The summed E-state index contributed by atoms with van der Waals surface area (Å²) < 4.78 is 49.2. The van der Waals surface area contributed by atoms with Crippen LogP contribution in [0.3, 0.4) is 0 Å². The molecule has 158 valence electrons. The zero-order chi connectivity index (χ0) is 20.7. The zero-order valence-electron chi connectivity index (χ0n) is 16.3. The maximum absolute atomic E-state index is 14.1. The summed E-state index contributed by atoms with van der Waals surface area (Å²) in [5.41, 5.74) is 0.0368. The number of ether oxygens (including phenoxy) is 1. The van der Waals surface area contributed by atoms with Gasteiger partial charge in [0.25, 0.3) is 0 Å². The monoisotopic (exact) mass is 417 g/mol. The van der Waals surface area contributed by atoms with Crippen LogP contribution in [0.1, 0.15) is 41.5 Å². The van der Waals surface area contributed by atoms with Crippen molar-refractivity contribution in [2.45, 2.75) is 38.0 Å². The average molecular weight is 417 g/mol. The first-order valence-electron chi connectivity index (χ1n) is 10.2. The summed E-state index contributed by atoms with van der Waals surface area (Å²) in [6.07, 6.45) is -0.313. The van der Waals surface area contributed by atoms with Crippen molar-refractivity contribution in [2.75, 3.05) is 19.8 Å². The maximum atomic E-state index is 14.1. The van der Waals surface area contributed by atoms with Crippen LogP contribution in [-0.4, -0.2) is 44.2 Å². The van der Waals surface area contributed by atoms with E-state index in [0.717, 1.165) is 18.4 Å². The molecule has 2 aliphatic rings. The van der Waals surface area contributed by atoms with E-state index in [1.807, 2.05) is 35.2 Å². The molecule has 5 rings (SSSR count). The highest BCUT2D eigenvalue weighted by Gasteiger charge is 2.40. The third-order valence-electron chi connectivity index (χ3n) is 5.84. The van der Waals surface area contributed by atoms with Gasteiger partial charge in [-0.25, -0.2) is 4.98 Å². The van der Waals surface area contributed by atoms with Crippen molar-refractivity contribution >= 4 is 5.65 Å². The van der Waals surface area contributed by atoms with Crippen molar-refractivity contribution in [3.8, 4) is 0 Å². The van der Waals surface area contributed by atoms with Gasteiger partial charge in [0.1, 0.15) is 17.7 Å². The molecule has 0 radical (unpaired) electrons. The highest BCUT2D eigenvalue weighted by molar-refractivity contribution is 5.51. The van der Waals surface area contributed by atoms with Crippen molar-refractivity contribution in [3.05, 3.63) is 59.3 Å². The van der Waals surface area contributed by atoms with Crippen molar-refractivity contribution in [2.24, 2.45) is 5.92 Å². The number of morpholine rings is 1. The highest BCUT2D eigenvalue weighted by Crippen LogP contribution is 2.37. The number of fused-ring (bicyclic) bond motifs is 1. The van der Waals surface area contributed by atoms with E-state index in [-0.39, 0.29) is 23.9 Å². The van der Waals surface area contributed by atoms with E-state index < -0.39 is 11.7 Å². The van der Waals surface area contributed by atoms with Gasteiger partial charge in [0.2, 0.25) is 0 Å². The Morgan fingerprint density at radius 2 is 1.90 bits per heavy atom. The molecule has 0 unspecified atom stereocenters. The van der Waals surface area contributed by atoms with Gasteiger partial charge in [0.05, 0.1) is 24.9 Å². The van der Waals surface area contributed by atoms with E-state index >= 15 is 0 Å². The predicted octanol–water partition coefficient (Wildman–Crippen LogP) is 3.67. The second-order valence-electron chi connectivity index (χ2n) is 7.99. The average Bonchev–Trinajstić information content (AvgIpc) is 3.47. The van der Waals surface area contributed by atoms with Crippen molar-refractivity contribution in [1.29, 1.82) is 0 Å². The van der Waals surface area contributed by atoms with Crippen LogP contribution in [0.4, 0.5) is 13.2 Å². The molecule has 2 fully saturated rings. The Hall–Kier alpha value is -2.52. The number of halogens is 3. The number of aromatic nitrogens is 4. The van der Waals surface area contributed by atoms with Crippen LogP contribution in [0.5, 0.6) is 0 Å². The summed E-state index contributed by atoms with van der Waals surface area (Å²) in [4.78, 5) is 6.23. The minimum atomic E-state index is -4.57. The number of benzene rings is 1. The van der Waals surface area contributed by atoms with Crippen molar-refractivity contribution < 1.29 is 17.9 Å². The van der Waals surface area contributed by atoms with Gasteiger partial charge in [-0.2, -0.15) is 13.2 Å². The molecule has 1 saturated heterocycles. The molecule has 0 spiro atoms. The second kappa shape index (κ2) is 7.63. The molecular weight excluding hydrogens is 395 g/mol. The number of hydrogen-bond acceptors (Lipinski definition) is 5. The first-order valence-corrected chi connectivity index (χ1v) is 10.2. The Bertz CT molecular complexity index is 1030. The molecular formula is C21H22F3N5O. The zero-order valence-corrected chi connectivity index (χ0v) is 16.3. The van der Waals surface area contributed by atoms with E-state index in [9.17, 15) is 13.2 Å². The smallest absolute Gasteiger partial charge is 0.378 e. The molecule has 0 bridgehead atoms.